The van der Waals surface area contributed by atoms with E-state index < -0.39 is 5.54 Å². The van der Waals surface area contributed by atoms with Gasteiger partial charge in [0.15, 0.2) is 5.78 Å². The summed E-state index contributed by atoms with van der Waals surface area (Å²) in [5.41, 5.74) is 0.718. The van der Waals surface area contributed by atoms with E-state index in [1.165, 1.54) is 6.42 Å². The molecule has 2 heteroatoms. The van der Waals surface area contributed by atoms with Crippen molar-refractivity contribution in [3.63, 3.8) is 0 Å². The van der Waals surface area contributed by atoms with Gasteiger partial charge in [-0.3, -0.25) is 4.79 Å². The lowest BCUT2D eigenvalue weighted by Crippen LogP contribution is -2.51. The zero-order valence-electron chi connectivity index (χ0n) is 9.83. The molecule has 1 fully saturated rings. The smallest absolute Gasteiger partial charge is 0.157 e. The fourth-order valence-corrected chi connectivity index (χ4v) is 2.58. The van der Waals surface area contributed by atoms with Gasteiger partial charge in [0.2, 0.25) is 0 Å². The summed E-state index contributed by atoms with van der Waals surface area (Å²) < 4.78 is 0. The fourth-order valence-electron chi connectivity index (χ4n) is 2.58. The lowest BCUT2D eigenvalue weighted by Gasteiger charge is -2.37. The summed E-state index contributed by atoms with van der Waals surface area (Å²) in [7, 11) is 0. The van der Waals surface area contributed by atoms with E-state index >= 15 is 0 Å². The predicted octanol–water partition coefficient (Wildman–Crippen LogP) is 2.63. The molecular formula is C14H19NO. The zero-order valence-corrected chi connectivity index (χ0v) is 9.83. The summed E-state index contributed by atoms with van der Waals surface area (Å²) in [6.07, 6.45) is 3.84. The zero-order chi connectivity index (χ0) is 11.4. The van der Waals surface area contributed by atoms with Gasteiger partial charge >= 0.3 is 0 Å². The molecule has 2 rings (SSSR count). The van der Waals surface area contributed by atoms with Crippen LogP contribution in [-0.2, 0) is 10.3 Å². The van der Waals surface area contributed by atoms with Gasteiger partial charge in [-0.1, -0.05) is 37.3 Å². The Kier molecular flexibility index (Phi) is 3.39. The lowest BCUT2D eigenvalue weighted by molar-refractivity contribution is -0.126. The van der Waals surface area contributed by atoms with E-state index in [2.05, 4.69) is 17.4 Å². The number of Topliss-reactive ketones (excluding diaryl/α,β-unsaturated/α-hetero) is 1. The van der Waals surface area contributed by atoms with Crippen molar-refractivity contribution in [3.8, 4) is 0 Å². The van der Waals surface area contributed by atoms with Crippen LogP contribution in [0.3, 0.4) is 0 Å². The summed E-state index contributed by atoms with van der Waals surface area (Å²) in [4.78, 5) is 12.2. The molecule has 1 atom stereocenters. The highest BCUT2D eigenvalue weighted by Crippen LogP contribution is 2.32. The van der Waals surface area contributed by atoms with Gasteiger partial charge in [-0.2, -0.15) is 0 Å². The first-order chi connectivity index (χ1) is 7.79. The molecule has 0 bridgehead atoms. The molecule has 0 aliphatic carbocycles. The van der Waals surface area contributed by atoms with E-state index in [0.717, 1.165) is 24.9 Å². The maximum absolute atomic E-state index is 12.2. The molecule has 0 radical (unpaired) electrons. The molecule has 86 valence electrons. The quantitative estimate of drug-likeness (QED) is 0.843. The number of carbonyl (C=O) groups excluding carboxylic acids is 1. The second-order valence-electron chi connectivity index (χ2n) is 4.43. The van der Waals surface area contributed by atoms with E-state index in [0.29, 0.717) is 12.2 Å². The van der Waals surface area contributed by atoms with Crippen LogP contribution in [0.4, 0.5) is 0 Å². The molecule has 1 saturated heterocycles. The summed E-state index contributed by atoms with van der Waals surface area (Å²) >= 11 is 0. The Hall–Kier alpha value is -1.15. The SMILES string of the molecule is CCC(=O)C1(c2ccccc2)CCCCN1. The Morgan fingerprint density at radius 2 is 2.06 bits per heavy atom. The third kappa shape index (κ3) is 1.90. The molecule has 1 aromatic rings. The first-order valence-electron chi connectivity index (χ1n) is 6.13. The van der Waals surface area contributed by atoms with Crippen LogP contribution in [0.1, 0.15) is 38.2 Å². The summed E-state index contributed by atoms with van der Waals surface area (Å²) in [6.45, 7) is 2.89. The van der Waals surface area contributed by atoms with Gasteiger partial charge in [-0.15, -0.1) is 0 Å². The maximum Gasteiger partial charge on any atom is 0.157 e. The monoisotopic (exact) mass is 217 g/mol. The minimum absolute atomic E-state index is 0.318. The van der Waals surface area contributed by atoms with Crippen LogP contribution in [0, 0.1) is 0 Å². The Balaban J connectivity index is 2.38. The van der Waals surface area contributed by atoms with Gasteiger partial charge in [-0.25, -0.2) is 0 Å². The molecule has 1 aliphatic rings. The first-order valence-corrected chi connectivity index (χ1v) is 6.13. The van der Waals surface area contributed by atoms with E-state index in [9.17, 15) is 4.79 Å². The lowest BCUT2D eigenvalue weighted by atomic mass is 9.78. The van der Waals surface area contributed by atoms with Crippen LogP contribution >= 0.6 is 0 Å². The molecule has 0 saturated carbocycles. The molecule has 1 N–H and O–H groups in total. The Bertz CT molecular complexity index is 352. The maximum atomic E-state index is 12.2. The third-order valence-corrected chi connectivity index (χ3v) is 3.47. The Labute approximate surface area is 97.1 Å². The van der Waals surface area contributed by atoms with Crippen LogP contribution in [0.15, 0.2) is 30.3 Å². The van der Waals surface area contributed by atoms with Crippen LogP contribution in [0.25, 0.3) is 0 Å². The molecule has 0 aromatic heterocycles. The number of nitrogens with one attached hydrogen (secondary N) is 1. The van der Waals surface area contributed by atoms with Crippen molar-refractivity contribution in [2.45, 2.75) is 38.1 Å². The molecule has 0 spiro atoms. The molecular weight excluding hydrogens is 198 g/mol. The molecule has 2 nitrogen and oxygen atoms in total. The van der Waals surface area contributed by atoms with Gasteiger partial charge < -0.3 is 5.32 Å². The van der Waals surface area contributed by atoms with Crippen LogP contribution in [0.2, 0.25) is 0 Å². The molecule has 16 heavy (non-hydrogen) atoms. The summed E-state index contributed by atoms with van der Waals surface area (Å²) in [5.74, 6) is 0.318. The van der Waals surface area contributed by atoms with Gasteiger partial charge in [0.1, 0.15) is 5.54 Å². The fraction of sp³-hybridized carbons (Fsp3) is 0.500. The van der Waals surface area contributed by atoms with Crippen molar-refractivity contribution < 1.29 is 4.79 Å². The molecule has 0 amide bonds. The number of ketones is 1. The highest BCUT2D eigenvalue weighted by molar-refractivity contribution is 5.89. The summed E-state index contributed by atoms with van der Waals surface area (Å²) in [5, 5.41) is 3.45. The Morgan fingerprint density at radius 1 is 1.31 bits per heavy atom. The van der Waals surface area contributed by atoms with Crippen LogP contribution in [-0.4, -0.2) is 12.3 Å². The number of benzene rings is 1. The second kappa shape index (κ2) is 4.79. The Morgan fingerprint density at radius 3 is 2.62 bits per heavy atom. The second-order valence-corrected chi connectivity index (χ2v) is 4.43. The van der Waals surface area contributed by atoms with Crippen molar-refractivity contribution >= 4 is 5.78 Å². The van der Waals surface area contributed by atoms with E-state index in [1.54, 1.807) is 0 Å². The number of hydrogen-bond donors (Lipinski definition) is 1. The topological polar surface area (TPSA) is 29.1 Å². The van der Waals surface area contributed by atoms with Crippen molar-refractivity contribution in [1.82, 2.24) is 5.32 Å². The third-order valence-electron chi connectivity index (χ3n) is 3.47. The largest absolute Gasteiger partial charge is 0.301 e. The average Bonchev–Trinajstić information content (AvgIpc) is 2.39. The van der Waals surface area contributed by atoms with Gasteiger partial charge in [0, 0.05) is 6.42 Å². The van der Waals surface area contributed by atoms with Crippen molar-refractivity contribution in [2.75, 3.05) is 6.54 Å². The van der Waals surface area contributed by atoms with Crippen LogP contribution < -0.4 is 5.32 Å². The van der Waals surface area contributed by atoms with E-state index in [1.807, 2.05) is 25.1 Å². The van der Waals surface area contributed by atoms with Gasteiger partial charge in [0.05, 0.1) is 0 Å². The number of carbonyl (C=O) groups is 1. The average molecular weight is 217 g/mol. The van der Waals surface area contributed by atoms with Crippen molar-refractivity contribution in [1.29, 1.82) is 0 Å². The minimum Gasteiger partial charge on any atom is -0.301 e. The van der Waals surface area contributed by atoms with Gasteiger partial charge in [0.25, 0.3) is 0 Å². The van der Waals surface area contributed by atoms with Crippen LogP contribution in [0.5, 0.6) is 0 Å². The molecule has 1 heterocycles. The number of rotatable bonds is 3. The minimum atomic E-state index is -0.408. The predicted molar refractivity (Wildman–Crippen MR) is 65.3 cm³/mol. The molecule has 1 unspecified atom stereocenters. The molecule has 1 aliphatic heterocycles. The summed E-state index contributed by atoms with van der Waals surface area (Å²) in [6, 6.07) is 10.1. The van der Waals surface area contributed by atoms with Crippen molar-refractivity contribution in [3.05, 3.63) is 35.9 Å². The normalized spacial score (nSPS) is 25.3. The molecule has 1 aromatic carbocycles. The standard InChI is InChI=1S/C14H19NO/c1-2-13(16)14(10-6-7-11-15-14)12-8-4-3-5-9-12/h3-5,8-9,15H,2,6-7,10-11H2,1H3. The number of hydrogen-bond acceptors (Lipinski definition) is 2. The van der Waals surface area contributed by atoms with Crippen molar-refractivity contribution in [2.24, 2.45) is 0 Å². The highest BCUT2D eigenvalue weighted by Gasteiger charge is 2.39. The van der Waals surface area contributed by atoms with E-state index in [-0.39, 0.29) is 0 Å². The van der Waals surface area contributed by atoms with Gasteiger partial charge in [-0.05, 0) is 31.4 Å². The highest BCUT2D eigenvalue weighted by atomic mass is 16.1. The first kappa shape index (κ1) is 11.3. The number of piperidine rings is 1. The van der Waals surface area contributed by atoms with E-state index in [4.69, 9.17) is 0 Å².